The van der Waals surface area contributed by atoms with Gasteiger partial charge in [-0.1, -0.05) is 50.5 Å². The maximum atomic E-state index is 12.7. The Morgan fingerprint density at radius 2 is 1.04 bits per heavy atom. The average Bonchev–Trinajstić information content (AvgIpc) is 4.12. The molecular weight excluding hydrogens is 1080 g/mol. The van der Waals surface area contributed by atoms with Crippen LogP contribution in [-0.4, -0.2) is 128 Å². The van der Waals surface area contributed by atoms with Crippen LogP contribution < -0.4 is 0 Å². The number of fused-ring (bicyclic) bond motifs is 10. The number of aliphatic hydroxyl groups excluding tert-OH is 1. The van der Waals surface area contributed by atoms with E-state index in [9.17, 15) is 48.9 Å². The third kappa shape index (κ3) is 10.5. The molecule has 17 unspecified atom stereocenters. The first-order valence-electron chi connectivity index (χ1n) is 28.9. The molecule has 0 saturated heterocycles. The minimum Gasteiger partial charge on any atom is -0.481 e. The van der Waals surface area contributed by atoms with E-state index in [1.54, 1.807) is 6.08 Å². The van der Waals surface area contributed by atoms with Gasteiger partial charge in [-0.15, -0.1) is 0 Å². The van der Waals surface area contributed by atoms with Gasteiger partial charge in [0, 0.05) is 47.7 Å². The van der Waals surface area contributed by atoms with Crippen molar-refractivity contribution in [1.29, 1.82) is 0 Å². The Morgan fingerprint density at radius 3 is 1.46 bits per heavy atom. The first kappa shape index (κ1) is 58.7. The highest BCUT2D eigenvalue weighted by molar-refractivity contribution is 9.09. The van der Waals surface area contributed by atoms with Crippen LogP contribution in [0.2, 0.25) is 0 Å². The maximum absolute atomic E-state index is 12.7. The fraction of sp³-hybridized carbons (Fsp3) is 0.814. The van der Waals surface area contributed by atoms with Gasteiger partial charge >= 0.3 is 41.8 Å². The Bertz CT molecular complexity index is 2420. The van der Waals surface area contributed by atoms with E-state index >= 15 is 0 Å². The summed E-state index contributed by atoms with van der Waals surface area (Å²) in [5.74, 6) is -3.38. The maximum Gasteiger partial charge on any atom is 0.331 e. The summed E-state index contributed by atoms with van der Waals surface area (Å²) in [6.07, 6.45) is 12.9. The van der Waals surface area contributed by atoms with Crippen molar-refractivity contribution >= 4 is 57.7 Å². The number of carboxylic acids is 2. The Morgan fingerprint density at radius 1 is 0.603 bits per heavy atom. The molecule has 19 heteroatoms. The fourth-order valence-electron chi connectivity index (χ4n) is 18.7. The van der Waals surface area contributed by atoms with E-state index in [1.807, 2.05) is 13.8 Å². The van der Waals surface area contributed by atoms with Gasteiger partial charge in [0.05, 0.1) is 43.0 Å². The number of alkyl halides is 1. The lowest BCUT2D eigenvalue weighted by Gasteiger charge is -2.63. The largest absolute Gasteiger partial charge is 0.481 e. The van der Waals surface area contributed by atoms with Gasteiger partial charge in [0.2, 0.25) is 0 Å². The van der Waals surface area contributed by atoms with Crippen molar-refractivity contribution in [3.8, 4) is 0 Å². The molecule has 0 radical (unpaired) electrons. The smallest absolute Gasteiger partial charge is 0.331 e. The summed E-state index contributed by atoms with van der Waals surface area (Å²) in [6.45, 7) is 11.1. The summed E-state index contributed by atoms with van der Waals surface area (Å²) in [4.78, 5) is 82.7. The molecule has 2 heterocycles. The van der Waals surface area contributed by atoms with Crippen molar-refractivity contribution in [2.24, 2.45) is 69.0 Å². The normalized spacial score (nSPS) is 43.4. The Balaban J connectivity index is 0.000000192. The van der Waals surface area contributed by atoms with E-state index in [0.717, 1.165) is 76.2 Å². The van der Waals surface area contributed by atoms with Crippen LogP contribution in [-0.2, 0) is 62.0 Å². The number of carbonyl (C=O) groups excluding carboxylic acids is 5. The monoisotopic (exact) mass is 1160 g/mol. The molecule has 434 valence electrons. The number of halogens is 1. The second-order valence-electron chi connectivity index (χ2n) is 26.0. The molecule has 0 aromatic carbocycles. The Hall–Kier alpha value is -3.91. The molecule has 2 aliphatic heterocycles. The number of hydrogen-bond acceptors (Lipinski definition) is 16. The summed E-state index contributed by atoms with van der Waals surface area (Å²) >= 11 is 3.20. The summed E-state index contributed by atoms with van der Waals surface area (Å²) in [5.41, 5.74) is -1.64. The number of aliphatic carboxylic acids is 2. The lowest BCUT2D eigenvalue weighted by atomic mass is 9.43. The van der Waals surface area contributed by atoms with Crippen LogP contribution in [0.4, 0.5) is 0 Å². The summed E-state index contributed by atoms with van der Waals surface area (Å²) < 4.78 is 33.9. The minimum absolute atomic E-state index is 0.0161. The first-order valence-corrected chi connectivity index (χ1v) is 30.0. The van der Waals surface area contributed by atoms with Crippen molar-refractivity contribution in [2.45, 2.75) is 211 Å². The van der Waals surface area contributed by atoms with Gasteiger partial charge in [0.15, 0.2) is 6.29 Å². The Kier molecular flexibility index (Phi) is 16.9. The second kappa shape index (κ2) is 22.4. The van der Waals surface area contributed by atoms with Gasteiger partial charge in [-0.25, -0.2) is 9.59 Å². The molecule has 19 atom stereocenters. The minimum atomic E-state index is -1.17. The molecule has 0 aromatic rings. The lowest BCUT2D eigenvalue weighted by molar-refractivity contribution is -0.210. The Labute approximate surface area is 465 Å². The van der Waals surface area contributed by atoms with Gasteiger partial charge < -0.3 is 54.0 Å². The van der Waals surface area contributed by atoms with Crippen LogP contribution >= 0.6 is 15.9 Å². The zero-order chi connectivity index (χ0) is 56.3. The highest BCUT2D eigenvalue weighted by Gasteiger charge is 2.73. The van der Waals surface area contributed by atoms with E-state index in [-0.39, 0.29) is 115 Å². The molecule has 8 aliphatic carbocycles. The zero-order valence-corrected chi connectivity index (χ0v) is 47.6. The number of esters is 5. The van der Waals surface area contributed by atoms with Gasteiger partial charge in [0.1, 0.15) is 36.9 Å². The molecule has 78 heavy (non-hydrogen) atoms. The van der Waals surface area contributed by atoms with Crippen molar-refractivity contribution in [3.63, 3.8) is 0 Å². The number of hydrogen-bond donors (Lipinski definition) is 5. The van der Waals surface area contributed by atoms with E-state index in [1.165, 1.54) is 6.08 Å². The molecule has 10 rings (SSSR count). The zero-order valence-electron chi connectivity index (χ0n) is 46.1. The van der Waals surface area contributed by atoms with Crippen LogP contribution in [0, 0.1) is 69.0 Å². The topological polar surface area (TPSA) is 276 Å². The summed E-state index contributed by atoms with van der Waals surface area (Å²) in [5, 5.41) is 53.8. The SMILES string of the molecule is CC12CCC(OC(=O)CCC(=O)O)CC1CCC1[C@@H]2CCC2(C)C(C3=CC(=O)OC3)C(OC(=O)CCC(=O)O)CC12O.CCC(O)OC1CC2(O)C3CCC4CC(OC(=O)CBr)CCC4(C)[C@H]3CCC2(C)C1C1=CC(=O)OC1. The van der Waals surface area contributed by atoms with Crippen molar-refractivity contribution in [1.82, 2.24) is 0 Å². The van der Waals surface area contributed by atoms with Crippen LogP contribution in [0.25, 0.3) is 0 Å². The molecule has 0 bridgehead atoms. The number of ether oxygens (including phenoxy) is 6. The quantitative estimate of drug-likeness (QED) is 0.0455. The number of rotatable bonds is 15. The molecule has 0 spiro atoms. The van der Waals surface area contributed by atoms with Crippen LogP contribution in [0.15, 0.2) is 23.3 Å². The van der Waals surface area contributed by atoms with E-state index in [2.05, 4.69) is 36.7 Å². The van der Waals surface area contributed by atoms with Crippen molar-refractivity contribution in [3.05, 3.63) is 23.3 Å². The average molecular weight is 1160 g/mol. The highest BCUT2D eigenvalue weighted by atomic mass is 79.9. The standard InChI is InChI=1S/C31H42O11.C28H41BrO7/c1-29-11-9-19(41-25(36)7-5-23(32)33)14-18(29)3-4-21-20(29)10-12-30(2)28(17-13-27(38)40-16-17)22(15-31(21,30)39)42-26(37)8-6-24(34)35;1-4-22(30)36-21-13-28(33)20-6-5-17-12-18(35-24(32)14-29)7-9-26(17,2)19(20)8-10-27(28,3)25(21)16-11-23(31)34-15-16/h13,18-22,28,39H,3-12,14-16H2,1-2H3,(H,32,33)(H,34,35);11,17-22,25,30,33H,4-10,12-15H2,1-3H3/t18?,19?,20-,21?,22?,28?,29?,30?,31?;17?,18?,19-,20?,21?,22?,25?,26?,27?,28?/m00/s1. The number of aliphatic hydroxyl groups is 3. The van der Waals surface area contributed by atoms with Gasteiger partial charge in [0.25, 0.3) is 0 Å². The molecule has 10 aliphatic rings. The third-order valence-electron chi connectivity index (χ3n) is 22.5. The second-order valence-corrected chi connectivity index (χ2v) is 26.6. The number of carbonyl (C=O) groups is 7. The van der Waals surface area contributed by atoms with Crippen molar-refractivity contribution < 1.29 is 87.5 Å². The number of carboxylic acid groups (broad SMARTS) is 2. The molecule has 8 fully saturated rings. The number of cyclic esters (lactones) is 2. The molecule has 0 aromatic heterocycles. The fourth-order valence-corrected chi connectivity index (χ4v) is 18.8. The van der Waals surface area contributed by atoms with E-state index in [0.29, 0.717) is 55.4 Å². The lowest BCUT2D eigenvalue weighted by Crippen LogP contribution is -2.62. The molecular formula is C59H83BrO18. The predicted molar refractivity (Wildman–Crippen MR) is 281 cm³/mol. The van der Waals surface area contributed by atoms with Gasteiger partial charge in [-0.2, -0.15) is 0 Å². The molecule has 8 saturated carbocycles. The third-order valence-corrected chi connectivity index (χ3v) is 23.0. The molecule has 0 amide bonds. The molecule has 18 nitrogen and oxygen atoms in total. The van der Waals surface area contributed by atoms with E-state index in [4.69, 9.17) is 38.6 Å². The van der Waals surface area contributed by atoms with Gasteiger partial charge in [-0.3, -0.25) is 24.0 Å². The molecule has 5 N–H and O–H groups in total. The van der Waals surface area contributed by atoms with Crippen LogP contribution in [0.3, 0.4) is 0 Å². The summed E-state index contributed by atoms with van der Waals surface area (Å²) in [7, 11) is 0. The summed E-state index contributed by atoms with van der Waals surface area (Å²) in [6, 6.07) is 0. The van der Waals surface area contributed by atoms with E-state index < -0.39 is 70.2 Å². The predicted octanol–water partition coefficient (Wildman–Crippen LogP) is 7.68. The first-order chi connectivity index (χ1) is 36.8. The van der Waals surface area contributed by atoms with Gasteiger partial charge in [-0.05, 0) is 154 Å². The van der Waals surface area contributed by atoms with Crippen LogP contribution in [0.1, 0.15) is 169 Å². The van der Waals surface area contributed by atoms with Crippen LogP contribution in [0.5, 0.6) is 0 Å². The highest BCUT2D eigenvalue weighted by Crippen LogP contribution is 2.72. The van der Waals surface area contributed by atoms with Crippen molar-refractivity contribution in [2.75, 3.05) is 18.5 Å².